The van der Waals surface area contributed by atoms with Gasteiger partial charge in [-0.2, -0.15) is 4.98 Å². The zero-order valence-corrected chi connectivity index (χ0v) is 25.5. The molecule has 7 rings (SSSR count). The second-order valence-corrected chi connectivity index (χ2v) is 12.5. The lowest BCUT2D eigenvalue weighted by Crippen LogP contribution is -2.50. The number of fused-ring (bicyclic) bond motifs is 2. The SMILES string of the molecule is Cc1ncc2nc(Oc3cc4c(cc3F)CC[C@H](C(=O)N(CC(=O)N3CCCC3)C[C@@H](c3ccccc3)C3CCC3)O4)ccn12. The van der Waals surface area contributed by atoms with E-state index in [0.717, 1.165) is 44.6 Å². The van der Waals surface area contributed by atoms with Crippen LogP contribution in [0.15, 0.2) is 60.9 Å². The first-order chi connectivity index (χ1) is 21.9. The Balaban J connectivity index is 1.12. The fraction of sp³-hybridized carbons (Fsp3) is 0.429. The maximum Gasteiger partial charge on any atom is 0.264 e. The number of carbonyl (C=O) groups excluding carboxylic acids is 2. The molecule has 9 nitrogen and oxygen atoms in total. The normalized spacial score (nSPS) is 18.6. The fourth-order valence-electron chi connectivity index (χ4n) is 6.77. The number of carbonyl (C=O) groups is 2. The van der Waals surface area contributed by atoms with Crippen molar-refractivity contribution in [2.24, 2.45) is 5.92 Å². The van der Waals surface area contributed by atoms with Gasteiger partial charge < -0.3 is 19.3 Å². The number of amides is 2. The number of rotatable bonds is 9. The molecule has 2 aromatic heterocycles. The molecule has 2 amide bonds. The van der Waals surface area contributed by atoms with E-state index in [1.165, 1.54) is 24.1 Å². The summed E-state index contributed by atoms with van der Waals surface area (Å²) in [5.74, 6) is 1.23. The van der Waals surface area contributed by atoms with Crippen LogP contribution in [0.5, 0.6) is 17.4 Å². The highest BCUT2D eigenvalue weighted by Crippen LogP contribution is 2.40. The minimum atomic E-state index is -0.788. The summed E-state index contributed by atoms with van der Waals surface area (Å²) >= 11 is 0. The van der Waals surface area contributed by atoms with E-state index in [1.54, 1.807) is 23.4 Å². The van der Waals surface area contributed by atoms with Gasteiger partial charge in [-0.05, 0) is 68.6 Å². The van der Waals surface area contributed by atoms with E-state index in [-0.39, 0.29) is 35.9 Å². The Morgan fingerprint density at radius 3 is 2.64 bits per heavy atom. The lowest BCUT2D eigenvalue weighted by Gasteiger charge is -2.39. The average Bonchev–Trinajstić information content (AvgIpc) is 3.70. The van der Waals surface area contributed by atoms with Gasteiger partial charge >= 0.3 is 0 Å². The van der Waals surface area contributed by atoms with Gasteiger partial charge in [0.15, 0.2) is 23.3 Å². The molecule has 234 valence electrons. The predicted molar refractivity (Wildman–Crippen MR) is 166 cm³/mol. The lowest BCUT2D eigenvalue weighted by molar-refractivity contribution is -0.145. The number of halogens is 1. The van der Waals surface area contributed by atoms with Crippen LogP contribution in [0, 0.1) is 18.7 Å². The van der Waals surface area contributed by atoms with Gasteiger partial charge in [0.05, 0.1) is 12.7 Å². The van der Waals surface area contributed by atoms with Gasteiger partial charge in [0.25, 0.3) is 5.91 Å². The van der Waals surface area contributed by atoms with E-state index >= 15 is 4.39 Å². The molecule has 0 bridgehead atoms. The van der Waals surface area contributed by atoms with E-state index in [0.29, 0.717) is 42.3 Å². The van der Waals surface area contributed by atoms with Gasteiger partial charge in [0, 0.05) is 43.9 Å². The van der Waals surface area contributed by atoms with Crippen molar-refractivity contribution < 1.29 is 23.5 Å². The molecule has 1 saturated heterocycles. The largest absolute Gasteiger partial charge is 0.480 e. The highest BCUT2D eigenvalue weighted by atomic mass is 19.1. The van der Waals surface area contributed by atoms with Gasteiger partial charge in [-0.1, -0.05) is 36.8 Å². The Kier molecular flexibility index (Phi) is 8.12. The molecule has 2 fully saturated rings. The first kappa shape index (κ1) is 29.3. The van der Waals surface area contributed by atoms with Crippen molar-refractivity contribution in [1.29, 1.82) is 0 Å². The summed E-state index contributed by atoms with van der Waals surface area (Å²) in [7, 11) is 0. The summed E-state index contributed by atoms with van der Waals surface area (Å²) in [4.78, 5) is 39.9. The van der Waals surface area contributed by atoms with Crippen LogP contribution in [-0.4, -0.2) is 68.3 Å². The predicted octanol–water partition coefficient (Wildman–Crippen LogP) is 5.70. The molecule has 0 N–H and O–H groups in total. The van der Waals surface area contributed by atoms with E-state index in [4.69, 9.17) is 9.47 Å². The van der Waals surface area contributed by atoms with E-state index < -0.39 is 11.9 Å². The maximum atomic E-state index is 15.1. The molecule has 10 heteroatoms. The molecule has 0 spiro atoms. The van der Waals surface area contributed by atoms with Crippen molar-refractivity contribution in [1.82, 2.24) is 24.2 Å². The smallest absolute Gasteiger partial charge is 0.264 e. The van der Waals surface area contributed by atoms with Crippen molar-refractivity contribution in [3.05, 3.63) is 83.7 Å². The summed E-state index contributed by atoms with van der Waals surface area (Å²) < 4.78 is 29.1. The van der Waals surface area contributed by atoms with Crippen molar-refractivity contribution in [3.63, 3.8) is 0 Å². The minimum absolute atomic E-state index is 0.0203. The zero-order chi connectivity index (χ0) is 30.9. The van der Waals surface area contributed by atoms with Crippen LogP contribution in [0.2, 0.25) is 0 Å². The van der Waals surface area contributed by atoms with Gasteiger partial charge in [0.2, 0.25) is 11.8 Å². The number of likely N-dealkylation sites (tertiary alicyclic amines) is 1. The molecule has 0 radical (unpaired) electrons. The molecule has 2 aliphatic heterocycles. The number of benzene rings is 2. The second-order valence-electron chi connectivity index (χ2n) is 12.5. The fourth-order valence-corrected chi connectivity index (χ4v) is 6.77. The van der Waals surface area contributed by atoms with Crippen LogP contribution < -0.4 is 9.47 Å². The third-order valence-electron chi connectivity index (χ3n) is 9.56. The van der Waals surface area contributed by atoms with Gasteiger partial charge in [-0.3, -0.25) is 14.0 Å². The molecule has 3 aliphatic rings. The third-order valence-corrected chi connectivity index (χ3v) is 9.56. The Hall–Kier alpha value is -4.47. The summed E-state index contributed by atoms with van der Waals surface area (Å²) in [5.41, 5.74) is 2.46. The number of ether oxygens (including phenoxy) is 2. The Morgan fingerprint density at radius 2 is 1.89 bits per heavy atom. The molecule has 1 aliphatic carbocycles. The molecule has 4 heterocycles. The highest BCUT2D eigenvalue weighted by molar-refractivity contribution is 5.87. The van der Waals surface area contributed by atoms with Gasteiger partial charge in [0.1, 0.15) is 11.6 Å². The second kappa shape index (κ2) is 12.5. The molecule has 2 aromatic carbocycles. The highest BCUT2D eigenvalue weighted by Gasteiger charge is 2.37. The summed E-state index contributed by atoms with van der Waals surface area (Å²) in [6.45, 7) is 3.82. The van der Waals surface area contributed by atoms with Crippen molar-refractivity contribution >= 4 is 17.5 Å². The molecular weight excluding hydrogens is 573 g/mol. The summed E-state index contributed by atoms with van der Waals surface area (Å²) in [5, 5.41) is 0. The van der Waals surface area contributed by atoms with Crippen LogP contribution in [0.4, 0.5) is 4.39 Å². The third kappa shape index (κ3) is 6.10. The van der Waals surface area contributed by atoms with Gasteiger partial charge in [-0.15, -0.1) is 0 Å². The minimum Gasteiger partial charge on any atom is -0.480 e. The van der Waals surface area contributed by atoms with Crippen LogP contribution in [0.1, 0.15) is 61.4 Å². The van der Waals surface area contributed by atoms with Crippen LogP contribution >= 0.6 is 0 Å². The topological polar surface area (TPSA) is 89.3 Å². The van der Waals surface area contributed by atoms with Crippen LogP contribution in [0.25, 0.3) is 5.65 Å². The number of nitrogens with zero attached hydrogens (tertiary/aromatic N) is 5. The monoisotopic (exact) mass is 611 g/mol. The number of imidazole rings is 1. The maximum absolute atomic E-state index is 15.1. The van der Waals surface area contributed by atoms with E-state index in [2.05, 4.69) is 22.1 Å². The van der Waals surface area contributed by atoms with Crippen molar-refractivity contribution in [2.45, 2.75) is 63.9 Å². The Bertz CT molecular complexity index is 1700. The molecule has 1 saturated carbocycles. The number of aromatic nitrogens is 3. The first-order valence-corrected chi connectivity index (χ1v) is 16.0. The van der Waals surface area contributed by atoms with E-state index in [1.807, 2.05) is 34.4 Å². The Morgan fingerprint density at radius 1 is 1.09 bits per heavy atom. The quantitative estimate of drug-likeness (QED) is 0.241. The first-order valence-electron chi connectivity index (χ1n) is 16.0. The van der Waals surface area contributed by atoms with Crippen LogP contribution in [0.3, 0.4) is 0 Å². The number of hydrogen-bond donors (Lipinski definition) is 0. The zero-order valence-electron chi connectivity index (χ0n) is 25.5. The van der Waals surface area contributed by atoms with Crippen molar-refractivity contribution in [3.8, 4) is 17.4 Å². The molecule has 0 unspecified atom stereocenters. The van der Waals surface area contributed by atoms with Crippen molar-refractivity contribution in [2.75, 3.05) is 26.2 Å². The average molecular weight is 612 g/mol. The van der Waals surface area contributed by atoms with Gasteiger partial charge in [-0.25, -0.2) is 9.37 Å². The summed E-state index contributed by atoms with van der Waals surface area (Å²) in [6, 6.07) is 14.9. The Labute approximate surface area is 262 Å². The number of aryl methyl sites for hydroxylation is 2. The molecular formula is C35H38FN5O4. The number of hydrogen-bond acceptors (Lipinski definition) is 6. The molecule has 45 heavy (non-hydrogen) atoms. The van der Waals surface area contributed by atoms with E-state index in [9.17, 15) is 9.59 Å². The molecule has 2 atom stereocenters. The molecule has 4 aromatic rings. The lowest BCUT2D eigenvalue weighted by atomic mass is 9.72. The standard InChI is InChI=1S/C35H38FN5O4/c1-23-37-20-32-38-33(14-17-41(23)32)45-31-19-30-26(18-28(31)36)12-13-29(44-30)35(43)40(22-34(42)39-15-5-6-16-39)21-27(25-10-7-11-25)24-8-3-2-4-9-24/h2-4,8-9,14,17-20,25,27,29H,5-7,10-13,15-16,21-22H2,1H3/t27-,29+/m0/s1. The van der Waals surface area contributed by atoms with Crippen LogP contribution in [-0.2, 0) is 16.0 Å². The summed E-state index contributed by atoms with van der Waals surface area (Å²) in [6.07, 6.45) is 8.88.